The van der Waals surface area contributed by atoms with E-state index in [9.17, 15) is 4.79 Å². The van der Waals surface area contributed by atoms with Crippen LogP contribution in [0.2, 0.25) is 0 Å². The molecule has 1 fully saturated rings. The van der Waals surface area contributed by atoms with E-state index in [2.05, 4.69) is 26.1 Å². The molecule has 1 saturated carbocycles. The second-order valence-corrected chi connectivity index (χ2v) is 11.3. The minimum Gasteiger partial charge on any atom is -0.493 e. The first-order valence-corrected chi connectivity index (χ1v) is 14.6. The van der Waals surface area contributed by atoms with Gasteiger partial charge in [-0.1, -0.05) is 73.5 Å². The predicted molar refractivity (Wildman–Crippen MR) is 160 cm³/mol. The number of nitrogens with zero attached hydrogens (tertiary/aromatic N) is 3. The van der Waals surface area contributed by atoms with Crippen molar-refractivity contribution >= 4 is 23.4 Å². The molecule has 1 atom stereocenters. The molecule has 7 nitrogen and oxygen atoms in total. The molecule has 4 aromatic rings. The maximum atomic E-state index is 13.9. The van der Waals surface area contributed by atoms with E-state index >= 15 is 0 Å². The number of benzene rings is 3. The van der Waals surface area contributed by atoms with Crippen molar-refractivity contribution in [1.82, 2.24) is 14.8 Å². The highest BCUT2D eigenvalue weighted by molar-refractivity contribution is 8.00. The number of aryl methyl sites for hydroxylation is 2. The molecule has 5 rings (SSSR count). The van der Waals surface area contributed by atoms with Gasteiger partial charge >= 0.3 is 0 Å². The summed E-state index contributed by atoms with van der Waals surface area (Å²) in [5, 5.41) is 12.8. The average Bonchev–Trinajstić information content (AvgIpc) is 3.41. The Hall–Kier alpha value is -3.78. The molecule has 1 heterocycles. The van der Waals surface area contributed by atoms with Crippen LogP contribution in [0.3, 0.4) is 0 Å². The normalized spacial score (nSPS) is 14.5. The molecule has 0 bridgehead atoms. The van der Waals surface area contributed by atoms with E-state index in [-0.39, 0.29) is 11.9 Å². The van der Waals surface area contributed by atoms with Gasteiger partial charge in [-0.15, -0.1) is 10.2 Å². The zero-order valence-electron chi connectivity index (χ0n) is 23.5. The fourth-order valence-electron chi connectivity index (χ4n) is 5.27. The fourth-order valence-corrected chi connectivity index (χ4v) is 6.38. The molecule has 1 N–H and O–H groups in total. The second kappa shape index (κ2) is 12.6. The van der Waals surface area contributed by atoms with Crippen molar-refractivity contribution in [1.29, 1.82) is 0 Å². The number of ether oxygens (including phenoxy) is 2. The van der Waals surface area contributed by atoms with Crippen molar-refractivity contribution in [2.75, 3.05) is 19.5 Å². The van der Waals surface area contributed by atoms with Gasteiger partial charge in [-0.25, -0.2) is 0 Å². The minimum absolute atomic E-state index is 0.0873. The first kappa shape index (κ1) is 27.8. The van der Waals surface area contributed by atoms with Crippen molar-refractivity contribution in [3.63, 3.8) is 0 Å². The minimum atomic E-state index is -0.508. The summed E-state index contributed by atoms with van der Waals surface area (Å²) in [6.45, 7) is 4.04. The van der Waals surface area contributed by atoms with Gasteiger partial charge in [-0.05, 0) is 67.6 Å². The third kappa shape index (κ3) is 6.02. The van der Waals surface area contributed by atoms with Crippen LogP contribution in [0.4, 0.5) is 5.69 Å². The molecule has 1 amide bonds. The number of thioether (sulfide) groups is 1. The summed E-state index contributed by atoms with van der Waals surface area (Å²) >= 11 is 1.45. The highest BCUT2D eigenvalue weighted by Gasteiger charge is 2.30. The molecule has 1 aromatic heterocycles. The molecule has 8 heteroatoms. The third-order valence-electron chi connectivity index (χ3n) is 7.46. The van der Waals surface area contributed by atoms with Gasteiger partial charge in [0.2, 0.25) is 5.91 Å². The summed E-state index contributed by atoms with van der Waals surface area (Å²) in [7, 11) is 3.26. The van der Waals surface area contributed by atoms with E-state index in [1.54, 1.807) is 14.2 Å². The molecule has 0 spiro atoms. The smallest absolute Gasteiger partial charge is 0.242 e. The Labute approximate surface area is 240 Å². The molecular formula is C32H36N4O3S. The number of aromatic nitrogens is 3. The maximum Gasteiger partial charge on any atom is 0.242 e. The Balaban J connectivity index is 1.55. The van der Waals surface area contributed by atoms with Gasteiger partial charge in [0, 0.05) is 17.3 Å². The molecule has 0 aliphatic heterocycles. The summed E-state index contributed by atoms with van der Waals surface area (Å²) in [5.74, 6) is 1.99. The first-order valence-electron chi connectivity index (χ1n) is 13.8. The molecule has 0 radical (unpaired) electrons. The van der Waals surface area contributed by atoms with E-state index in [1.165, 1.54) is 18.2 Å². The van der Waals surface area contributed by atoms with Gasteiger partial charge in [0.15, 0.2) is 22.5 Å². The number of methoxy groups -OCH3 is 2. The van der Waals surface area contributed by atoms with Crippen LogP contribution in [-0.2, 0) is 4.79 Å². The molecular weight excluding hydrogens is 520 g/mol. The van der Waals surface area contributed by atoms with Crippen molar-refractivity contribution in [2.45, 2.75) is 62.4 Å². The molecule has 3 aromatic carbocycles. The largest absolute Gasteiger partial charge is 0.493 e. The van der Waals surface area contributed by atoms with Crippen LogP contribution >= 0.6 is 11.8 Å². The number of carbonyl (C=O) groups excluding carboxylic acids is 1. The van der Waals surface area contributed by atoms with E-state index in [1.807, 2.05) is 74.5 Å². The number of hydrogen-bond acceptors (Lipinski definition) is 6. The average molecular weight is 557 g/mol. The molecule has 1 aliphatic rings. The highest BCUT2D eigenvalue weighted by atomic mass is 32.2. The Morgan fingerprint density at radius 1 is 0.925 bits per heavy atom. The zero-order chi connectivity index (χ0) is 28.1. The number of rotatable bonds is 9. The van der Waals surface area contributed by atoms with Crippen LogP contribution in [0.15, 0.2) is 71.9 Å². The second-order valence-electron chi connectivity index (χ2n) is 10.3. The van der Waals surface area contributed by atoms with Crippen molar-refractivity contribution in [2.24, 2.45) is 0 Å². The fraction of sp³-hybridized carbons (Fsp3) is 0.344. The SMILES string of the molecule is COc1ccc(-c2nnc(S[C@H](C(=O)Nc3cc(C)ccc3C)c3ccccc3)n2C2CCCCC2)cc1OC. The van der Waals surface area contributed by atoms with Crippen LogP contribution in [0.5, 0.6) is 11.5 Å². The van der Waals surface area contributed by atoms with E-state index in [4.69, 9.17) is 9.47 Å². The van der Waals surface area contributed by atoms with Gasteiger partial charge in [0.05, 0.1) is 14.2 Å². The van der Waals surface area contributed by atoms with Gasteiger partial charge < -0.3 is 14.8 Å². The molecule has 208 valence electrons. The van der Waals surface area contributed by atoms with Gasteiger partial charge in [0.1, 0.15) is 5.25 Å². The van der Waals surface area contributed by atoms with Crippen LogP contribution in [-0.4, -0.2) is 34.9 Å². The number of hydrogen-bond donors (Lipinski definition) is 1. The van der Waals surface area contributed by atoms with E-state index < -0.39 is 5.25 Å². The monoisotopic (exact) mass is 556 g/mol. The number of nitrogens with one attached hydrogen (secondary N) is 1. The third-order valence-corrected chi connectivity index (χ3v) is 8.67. The molecule has 0 saturated heterocycles. The van der Waals surface area contributed by atoms with Gasteiger partial charge in [-0.2, -0.15) is 0 Å². The van der Waals surface area contributed by atoms with Gasteiger partial charge in [-0.3, -0.25) is 9.36 Å². The van der Waals surface area contributed by atoms with Gasteiger partial charge in [0.25, 0.3) is 0 Å². The Bertz CT molecular complexity index is 1460. The Morgan fingerprint density at radius 2 is 1.68 bits per heavy atom. The number of amides is 1. The number of anilines is 1. The predicted octanol–water partition coefficient (Wildman–Crippen LogP) is 7.56. The molecule has 0 unspecified atom stereocenters. The lowest BCUT2D eigenvalue weighted by atomic mass is 9.95. The summed E-state index contributed by atoms with van der Waals surface area (Å²) in [5.41, 5.74) is 4.77. The first-order chi connectivity index (χ1) is 19.5. The summed E-state index contributed by atoms with van der Waals surface area (Å²) < 4.78 is 13.3. The summed E-state index contributed by atoms with van der Waals surface area (Å²) in [4.78, 5) is 13.9. The summed E-state index contributed by atoms with van der Waals surface area (Å²) in [6, 6.07) is 22.1. The lowest BCUT2D eigenvalue weighted by Gasteiger charge is -2.26. The van der Waals surface area contributed by atoms with Crippen LogP contribution in [0.1, 0.15) is 60.1 Å². The van der Waals surface area contributed by atoms with Crippen molar-refractivity contribution < 1.29 is 14.3 Å². The summed E-state index contributed by atoms with van der Waals surface area (Å²) in [6.07, 6.45) is 5.66. The topological polar surface area (TPSA) is 78.3 Å². The number of carbonyl (C=O) groups is 1. The Morgan fingerprint density at radius 3 is 2.40 bits per heavy atom. The standard InChI is InChI=1S/C32H36N4O3S/c1-21-15-16-22(2)26(19-21)33-31(37)29(23-11-7-5-8-12-23)40-32-35-34-30(36(32)25-13-9-6-10-14-25)24-17-18-27(38-3)28(20-24)39-4/h5,7-8,11-12,15-20,25,29H,6,9-10,13-14H2,1-4H3,(H,33,37)/t29-/m0/s1. The van der Waals surface area contributed by atoms with E-state index in [0.717, 1.165) is 64.6 Å². The molecule has 40 heavy (non-hydrogen) atoms. The van der Waals surface area contributed by atoms with Crippen LogP contribution < -0.4 is 14.8 Å². The molecule has 1 aliphatic carbocycles. The maximum absolute atomic E-state index is 13.9. The highest BCUT2D eigenvalue weighted by Crippen LogP contribution is 2.42. The van der Waals surface area contributed by atoms with Crippen molar-refractivity contribution in [3.8, 4) is 22.9 Å². The quantitative estimate of drug-likeness (QED) is 0.214. The lowest BCUT2D eigenvalue weighted by molar-refractivity contribution is -0.115. The zero-order valence-corrected chi connectivity index (χ0v) is 24.3. The van der Waals surface area contributed by atoms with Crippen molar-refractivity contribution in [3.05, 3.63) is 83.4 Å². The Kier molecular flexibility index (Phi) is 8.75. The van der Waals surface area contributed by atoms with Crippen LogP contribution in [0.25, 0.3) is 11.4 Å². The van der Waals surface area contributed by atoms with E-state index in [0.29, 0.717) is 11.5 Å². The lowest BCUT2D eigenvalue weighted by Crippen LogP contribution is -2.21. The van der Waals surface area contributed by atoms with Crippen LogP contribution in [0, 0.1) is 13.8 Å².